The maximum absolute atomic E-state index is 12.3. The number of non-ortho nitro benzene ring substituents is 1. The van der Waals surface area contributed by atoms with Crippen LogP contribution in [0.2, 0.25) is 10.0 Å². The number of halogens is 4. The van der Waals surface area contributed by atoms with Crippen molar-refractivity contribution in [2.24, 2.45) is 0 Å². The zero-order valence-electron chi connectivity index (χ0n) is 6.51. The van der Waals surface area contributed by atoms with Crippen molar-refractivity contribution in [1.82, 2.24) is 0 Å². The third-order valence-electron chi connectivity index (χ3n) is 1.49. The van der Waals surface area contributed by atoms with Gasteiger partial charge in [0.1, 0.15) is 0 Å². The minimum Gasteiger partial charge on any atom is -0.258 e. The van der Waals surface area contributed by atoms with Crippen molar-refractivity contribution in [2.75, 3.05) is 0 Å². The highest BCUT2D eigenvalue weighted by Gasteiger charge is 2.20. The molecule has 0 unspecified atom stereocenters. The molecule has 1 aromatic rings. The third-order valence-corrected chi connectivity index (χ3v) is 2.12. The molecule has 3 nitrogen and oxygen atoms in total. The maximum Gasteiger partial charge on any atom is 0.272 e. The van der Waals surface area contributed by atoms with Crippen molar-refractivity contribution >= 4 is 28.9 Å². The molecule has 0 N–H and O–H groups in total. The van der Waals surface area contributed by atoms with Gasteiger partial charge >= 0.3 is 0 Å². The predicted molar refractivity (Wildman–Crippen MR) is 48.1 cm³/mol. The van der Waals surface area contributed by atoms with Crippen LogP contribution >= 0.6 is 23.2 Å². The lowest BCUT2D eigenvalue weighted by atomic mass is 10.2. The van der Waals surface area contributed by atoms with Crippen LogP contribution in [0.1, 0.15) is 12.0 Å². The van der Waals surface area contributed by atoms with E-state index in [2.05, 4.69) is 0 Å². The fraction of sp³-hybridized carbons (Fsp3) is 0.143. The van der Waals surface area contributed by atoms with Gasteiger partial charge in [0.2, 0.25) is 0 Å². The summed E-state index contributed by atoms with van der Waals surface area (Å²) in [5.41, 5.74) is -0.997. The first-order valence-corrected chi connectivity index (χ1v) is 4.10. The number of hydrogen-bond donors (Lipinski definition) is 0. The third kappa shape index (κ3) is 2.10. The second kappa shape index (κ2) is 4.06. The number of alkyl halides is 2. The van der Waals surface area contributed by atoms with Crippen molar-refractivity contribution in [1.29, 1.82) is 0 Å². The number of hydrogen-bond acceptors (Lipinski definition) is 2. The van der Waals surface area contributed by atoms with Crippen LogP contribution in [0.3, 0.4) is 0 Å². The van der Waals surface area contributed by atoms with E-state index in [4.69, 9.17) is 23.2 Å². The van der Waals surface area contributed by atoms with Gasteiger partial charge in [-0.25, -0.2) is 8.78 Å². The monoisotopic (exact) mass is 241 g/mol. The Bertz CT molecular complexity index is 361. The Hall–Kier alpha value is -0.940. The summed E-state index contributed by atoms with van der Waals surface area (Å²) in [5.74, 6) is 0. The number of nitrogens with zero attached hydrogens (tertiary/aromatic N) is 1. The van der Waals surface area contributed by atoms with E-state index < -0.39 is 32.6 Å². The fourth-order valence-electron chi connectivity index (χ4n) is 0.885. The highest BCUT2D eigenvalue weighted by Crippen LogP contribution is 2.36. The number of benzene rings is 1. The summed E-state index contributed by atoms with van der Waals surface area (Å²) in [7, 11) is 0. The summed E-state index contributed by atoms with van der Waals surface area (Å²) in [6.07, 6.45) is -2.85. The van der Waals surface area contributed by atoms with Gasteiger partial charge in [0.15, 0.2) is 0 Å². The first kappa shape index (κ1) is 11.1. The molecule has 0 heterocycles. The van der Waals surface area contributed by atoms with Crippen LogP contribution in [0.5, 0.6) is 0 Å². The van der Waals surface area contributed by atoms with Gasteiger partial charge in [-0.3, -0.25) is 10.1 Å². The molecule has 0 spiro atoms. The molecule has 0 amide bonds. The molecule has 0 atom stereocenters. The molecule has 76 valence electrons. The van der Waals surface area contributed by atoms with E-state index in [0.29, 0.717) is 0 Å². The Morgan fingerprint density at radius 1 is 1.29 bits per heavy atom. The standard InChI is InChI=1S/C7H3Cl2F2NO2/c8-4-1-3(12(13)14)2-5(9)6(4)7(10)11/h1-2,7H. The molecule has 14 heavy (non-hydrogen) atoms. The molecule has 0 aliphatic heterocycles. The lowest BCUT2D eigenvalue weighted by molar-refractivity contribution is -0.384. The van der Waals surface area contributed by atoms with Crippen LogP contribution in [0.25, 0.3) is 0 Å². The Labute approximate surface area is 87.4 Å². The molecule has 0 saturated carbocycles. The maximum atomic E-state index is 12.3. The molecule has 1 rings (SSSR count). The average Bonchev–Trinajstić information content (AvgIpc) is 2.01. The van der Waals surface area contributed by atoms with Gasteiger partial charge in [-0.1, -0.05) is 23.2 Å². The zero-order chi connectivity index (χ0) is 10.9. The molecule has 0 bridgehead atoms. The van der Waals surface area contributed by atoms with Crippen molar-refractivity contribution in [3.05, 3.63) is 37.9 Å². The molecule has 0 saturated heterocycles. The Balaban J connectivity index is 3.32. The van der Waals surface area contributed by atoms with E-state index in [-0.39, 0.29) is 0 Å². The summed E-state index contributed by atoms with van der Waals surface area (Å²) < 4.78 is 24.6. The lowest BCUT2D eigenvalue weighted by Crippen LogP contribution is -1.93. The predicted octanol–water partition coefficient (Wildman–Crippen LogP) is 3.84. The molecule has 1 aromatic carbocycles. The van der Waals surface area contributed by atoms with Gasteiger partial charge in [-0.2, -0.15) is 0 Å². The summed E-state index contributed by atoms with van der Waals surface area (Å²) in [6.45, 7) is 0. The molecule has 7 heteroatoms. The van der Waals surface area contributed by atoms with Crippen molar-refractivity contribution in [3.63, 3.8) is 0 Å². The largest absolute Gasteiger partial charge is 0.272 e. The first-order chi connectivity index (χ1) is 6.43. The minimum absolute atomic E-state index is 0.404. The fourth-order valence-corrected chi connectivity index (χ4v) is 1.53. The molecular weight excluding hydrogens is 239 g/mol. The van der Waals surface area contributed by atoms with Crippen LogP contribution in [-0.2, 0) is 0 Å². The van der Waals surface area contributed by atoms with E-state index in [9.17, 15) is 18.9 Å². The first-order valence-electron chi connectivity index (χ1n) is 3.35. The van der Waals surface area contributed by atoms with E-state index in [1.807, 2.05) is 0 Å². The number of nitro benzene ring substituents is 1. The topological polar surface area (TPSA) is 43.1 Å². The van der Waals surface area contributed by atoms with E-state index in [1.54, 1.807) is 0 Å². The normalized spacial score (nSPS) is 10.6. The Morgan fingerprint density at radius 3 is 2.00 bits per heavy atom. The average molecular weight is 242 g/mol. The minimum atomic E-state index is -2.85. The van der Waals surface area contributed by atoms with Crippen molar-refractivity contribution in [2.45, 2.75) is 6.43 Å². The second-order valence-corrected chi connectivity index (χ2v) is 3.20. The van der Waals surface area contributed by atoms with Gasteiger partial charge in [-0.15, -0.1) is 0 Å². The second-order valence-electron chi connectivity index (χ2n) is 2.38. The Kier molecular flexibility index (Phi) is 3.23. The van der Waals surface area contributed by atoms with Crippen LogP contribution in [0.4, 0.5) is 14.5 Å². The van der Waals surface area contributed by atoms with E-state index in [0.717, 1.165) is 12.1 Å². The van der Waals surface area contributed by atoms with Crippen LogP contribution in [0, 0.1) is 10.1 Å². The van der Waals surface area contributed by atoms with Gasteiger partial charge < -0.3 is 0 Å². The van der Waals surface area contributed by atoms with Crippen molar-refractivity contribution in [3.8, 4) is 0 Å². The van der Waals surface area contributed by atoms with Gasteiger partial charge in [0, 0.05) is 12.1 Å². The van der Waals surface area contributed by atoms with Crippen LogP contribution in [0.15, 0.2) is 12.1 Å². The number of nitro groups is 1. The van der Waals surface area contributed by atoms with Crippen molar-refractivity contribution < 1.29 is 13.7 Å². The van der Waals surface area contributed by atoms with Gasteiger partial charge in [0.25, 0.3) is 12.1 Å². The van der Waals surface area contributed by atoms with Gasteiger partial charge in [-0.05, 0) is 0 Å². The zero-order valence-corrected chi connectivity index (χ0v) is 8.02. The van der Waals surface area contributed by atoms with Crippen LogP contribution < -0.4 is 0 Å². The van der Waals surface area contributed by atoms with Crippen LogP contribution in [-0.4, -0.2) is 4.92 Å². The summed E-state index contributed by atoms with van der Waals surface area (Å²) in [4.78, 5) is 9.53. The molecule has 0 fully saturated rings. The molecule has 0 aromatic heterocycles. The molecule has 0 aliphatic rings. The van der Waals surface area contributed by atoms with E-state index in [1.165, 1.54) is 0 Å². The lowest BCUT2D eigenvalue weighted by Gasteiger charge is -2.04. The van der Waals surface area contributed by atoms with E-state index >= 15 is 0 Å². The number of rotatable bonds is 2. The summed E-state index contributed by atoms with van der Waals surface area (Å²) >= 11 is 10.8. The smallest absolute Gasteiger partial charge is 0.258 e. The molecule has 0 radical (unpaired) electrons. The highest BCUT2D eigenvalue weighted by molar-refractivity contribution is 6.36. The summed E-state index contributed by atoms with van der Waals surface area (Å²) in [6, 6.07) is 1.68. The quantitative estimate of drug-likeness (QED) is 0.584. The molecule has 0 aliphatic carbocycles. The van der Waals surface area contributed by atoms with Gasteiger partial charge in [0.05, 0.1) is 20.5 Å². The Morgan fingerprint density at radius 2 is 1.71 bits per heavy atom. The summed E-state index contributed by atoms with van der Waals surface area (Å²) in [5, 5.41) is 9.48. The highest BCUT2D eigenvalue weighted by atomic mass is 35.5. The SMILES string of the molecule is O=[N+]([O-])c1cc(Cl)c(C(F)F)c(Cl)c1. The molecular formula is C7H3Cl2F2NO2.